The number of hydrogen-bond acceptors (Lipinski definition) is 2. The normalized spacial score (nSPS) is 16.0. The first-order valence-electron chi connectivity index (χ1n) is 8.76. The zero-order chi connectivity index (χ0) is 17.2. The van der Waals surface area contributed by atoms with E-state index >= 15 is 0 Å². The first-order valence-corrected chi connectivity index (χ1v) is 8.76. The van der Waals surface area contributed by atoms with Gasteiger partial charge in [0.1, 0.15) is 5.75 Å². The predicted octanol–water partition coefficient (Wildman–Crippen LogP) is 3.53. The Hall–Kier alpha value is -2.75. The van der Waals surface area contributed by atoms with E-state index in [1.165, 1.54) is 27.7 Å². The quantitative estimate of drug-likeness (QED) is 0.750. The summed E-state index contributed by atoms with van der Waals surface area (Å²) in [6, 6.07) is 16.2. The SMILES string of the molecule is Cc1ccc2[nH]c3c(c2c1)CC(NC(=O)CCOc1ccccc1)C3. The van der Waals surface area contributed by atoms with E-state index in [0.29, 0.717) is 13.0 Å². The molecule has 128 valence electrons. The van der Waals surface area contributed by atoms with Crippen LogP contribution in [0.15, 0.2) is 48.5 Å². The highest BCUT2D eigenvalue weighted by molar-refractivity contribution is 5.86. The number of para-hydroxylation sites is 1. The molecule has 1 aliphatic rings. The minimum absolute atomic E-state index is 0.0478. The number of rotatable bonds is 5. The van der Waals surface area contributed by atoms with Crippen molar-refractivity contribution in [2.45, 2.75) is 32.2 Å². The number of ether oxygens (including phenoxy) is 1. The lowest BCUT2D eigenvalue weighted by atomic mass is 10.1. The van der Waals surface area contributed by atoms with E-state index < -0.39 is 0 Å². The van der Waals surface area contributed by atoms with E-state index in [9.17, 15) is 4.79 Å². The van der Waals surface area contributed by atoms with Gasteiger partial charge in [0, 0.05) is 29.1 Å². The van der Waals surface area contributed by atoms with Crippen LogP contribution >= 0.6 is 0 Å². The molecule has 0 bridgehead atoms. The second-order valence-corrected chi connectivity index (χ2v) is 6.72. The molecule has 1 atom stereocenters. The highest BCUT2D eigenvalue weighted by atomic mass is 16.5. The Morgan fingerprint density at radius 2 is 2.04 bits per heavy atom. The number of H-pyrrole nitrogens is 1. The van der Waals surface area contributed by atoms with E-state index in [-0.39, 0.29) is 11.9 Å². The van der Waals surface area contributed by atoms with Crippen LogP contribution in [0.4, 0.5) is 0 Å². The number of carbonyl (C=O) groups is 1. The van der Waals surface area contributed by atoms with Gasteiger partial charge in [-0.05, 0) is 43.2 Å². The fourth-order valence-electron chi connectivity index (χ4n) is 3.57. The monoisotopic (exact) mass is 334 g/mol. The summed E-state index contributed by atoms with van der Waals surface area (Å²) in [6.07, 6.45) is 2.14. The second-order valence-electron chi connectivity index (χ2n) is 6.72. The third-order valence-corrected chi connectivity index (χ3v) is 4.76. The van der Waals surface area contributed by atoms with Gasteiger partial charge in [0.15, 0.2) is 0 Å². The van der Waals surface area contributed by atoms with Crippen molar-refractivity contribution >= 4 is 16.8 Å². The molecule has 0 radical (unpaired) electrons. The summed E-state index contributed by atoms with van der Waals surface area (Å²) in [5, 5.41) is 4.43. The van der Waals surface area contributed by atoms with Gasteiger partial charge < -0.3 is 15.0 Å². The van der Waals surface area contributed by atoms with Crippen molar-refractivity contribution in [2.75, 3.05) is 6.61 Å². The van der Waals surface area contributed by atoms with Crippen LogP contribution in [0.25, 0.3) is 10.9 Å². The number of benzene rings is 2. The Labute approximate surface area is 147 Å². The summed E-state index contributed by atoms with van der Waals surface area (Å²) in [5.74, 6) is 0.847. The predicted molar refractivity (Wildman–Crippen MR) is 98.9 cm³/mol. The standard InChI is InChI=1S/C21H22N2O2/c1-14-7-8-19-17(11-14)18-12-15(13-20(18)23-19)22-21(24)9-10-25-16-5-3-2-4-6-16/h2-8,11,15,23H,9-10,12-13H2,1H3,(H,22,24). The fraction of sp³-hybridized carbons (Fsp3) is 0.286. The largest absolute Gasteiger partial charge is 0.493 e. The van der Waals surface area contributed by atoms with Crippen molar-refractivity contribution < 1.29 is 9.53 Å². The van der Waals surface area contributed by atoms with Crippen molar-refractivity contribution in [2.24, 2.45) is 0 Å². The molecule has 0 saturated heterocycles. The molecule has 1 aromatic heterocycles. The molecule has 25 heavy (non-hydrogen) atoms. The summed E-state index contributed by atoms with van der Waals surface area (Å²) in [4.78, 5) is 15.7. The first kappa shape index (κ1) is 15.8. The Morgan fingerprint density at radius 1 is 1.20 bits per heavy atom. The zero-order valence-corrected chi connectivity index (χ0v) is 14.3. The Kier molecular flexibility index (Phi) is 4.18. The summed E-state index contributed by atoms with van der Waals surface area (Å²) in [5.41, 5.74) is 5.06. The lowest BCUT2D eigenvalue weighted by Gasteiger charge is -2.13. The van der Waals surface area contributed by atoms with Crippen molar-refractivity contribution in [3.8, 4) is 5.75 Å². The molecule has 0 fully saturated rings. The number of aromatic amines is 1. The zero-order valence-electron chi connectivity index (χ0n) is 14.3. The first-order chi connectivity index (χ1) is 12.2. The average molecular weight is 334 g/mol. The molecule has 4 nitrogen and oxygen atoms in total. The minimum Gasteiger partial charge on any atom is -0.493 e. The third-order valence-electron chi connectivity index (χ3n) is 4.76. The molecule has 4 heteroatoms. The number of nitrogens with one attached hydrogen (secondary N) is 2. The summed E-state index contributed by atoms with van der Waals surface area (Å²) >= 11 is 0. The maximum absolute atomic E-state index is 12.2. The van der Waals surface area contributed by atoms with E-state index in [1.54, 1.807) is 0 Å². The molecule has 4 rings (SSSR count). The van der Waals surface area contributed by atoms with Crippen LogP contribution in [-0.4, -0.2) is 23.5 Å². The van der Waals surface area contributed by atoms with Gasteiger partial charge in [0.05, 0.1) is 13.0 Å². The third kappa shape index (κ3) is 3.38. The van der Waals surface area contributed by atoms with Gasteiger partial charge in [-0.15, -0.1) is 0 Å². The average Bonchev–Trinajstić information content (AvgIpc) is 3.13. The van der Waals surface area contributed by atoms with Crippen LogP contribution in [0.5, 0.6) is 5.75 Å². The van der Waals surface area contributed by atoms with Crippen LogP contribution < -0.4 is 10.1 Å². The molecule has 0 saturated carbocycles. The number of carbonyl (C=O) groups excluding carboxylic acids is 1. The molecular weight excluding hydrogens is 312 g/mol. The Morgan fingerprint density at radius 3 is 2.88 bits per heavy atom. The molecule has 2 aromatic carbocycles. The maximum Gasteiger partial charge on any atom is 0.223 e. The van der Waals surface area contributed by atoms with Crippen LogP contribution in [0.3, 0.4) is 0 Å². The van der Waals surface area contributed by atoms with Gasteiger partial charge in [0.2, 0.25) is 5.91 Å². The molecule has 1 heterocycles. The van der Waals surface area contributed by atoms with Crippen LogP contribution in [0.1, 0.15) is 23.2 Å². The topological polar surface area (TPSA) is 54.1 Å². The number of aryl methyl sites for hydroxylation is 1. The summed E-state index contributed by atoms with van der Waals surface area (Å²) < 4.78 is 5.59. The Balaban J connectivity index is 1.31. The van der Waals surface area contributed by atoms with Gasteiger partial charge in [0.25, 0.3) is 0 Å². The Bertz CT molecular complexity index is 899. The van der Waals surface area contributed by atoms with Crippen molar-refractivity contribution in [1.29, 1.82) is 0 Å². The van der Waals surface area contributed by atoms with Crippen molar-refractivity contribution in [1.82, 2.24) is 10.3 Å². The molecule has 0 aliphatic heterocycles. The molecule has 1 amide bonds. The number of fused-ring (bicyclic) bond motifs is 3. The molecule has 3 aromatic rings. The highest BCUT2D eigenvalue weighted by Crippen LogP contribution is 2.30. The fourth-order valence-corrected chi connectivity index (χ4v) is 3.57. The van der Waals surface area contributed by atoms with Crippen LogP contribution in [0.2, 0.25) is 0 Å². The van der Waals surface area contributed by atoms with Crippen LogP contribution in [-0.2, 0) is 17.6 Å². The van der Waals surface area contributed by atoms with Gasteiger partial charge in [-0.25, -0.2) is 0 Å². The number of aromatic nitrogens is 1. The molecule has 1 unspecified atom stereocenters. The summed E-state index contributed by atoms with van der Waals surface area (Å²) in [7, 11) is 0. The van der Waals surface area contributed by atoms with E-state index in [1.807, 2.05) is 30.3 Å². The van der Waals surface area contributed by atoms with Gasteiger partial charge in [-0.1, -0.05) is 29.8 Å². The van der Waals surface area contributed by atoms with E-state index in [0.717, 1.165) is 18.6 Å². The van der Waals surface area contributed by atoms with Crippen molar-refractivity contribution in [3.63, 3.8) is 0 Å². The highest BCUT2D eigenvalue weighted by Gasteiger charge is 2.26. The lowest BCUT2D eigenvalue weighted by molar-refractivity contribution is -0.122. The lowest BCUT2D eigenvalue weighted by Crippen LogP contribution is -2.36. The van der Waals surface area contributed by atoms with Gasteiger partial charge in [-0.2, -0.15) is 0 Å². The van der Waals surface area contributed by atoms with E-state index in [4.69, 9.17) is 4.74 Å². The number of amides is 1. The smallest absolute Gasteiger partial charge is 0.223 e. The van der Waals surface area contributed by atoms with Crippen molar-refractivity contribution in [3.05, 3.63) is 65.4 Å². The number of hydrogen-bond donors (Lipinski definition) is 2. The van der Waals surface area contributed by atoms with Gasteiger partial charge >= 0.3 is 0 Å². The summed E-state index contributed by atoms with van der Waals surface area (Å²) in [6.45, 7) is 2.51. The maximum atomic E-state index is 12.2. The molecule has 0 spiro atoms. The van der Waals surface area contributed by atoms with E-state index in [2.05, 4.69) is 35.4 Å². The minimum atomic E-state index is 0.0478. The van der Waals surface area contributed by atoms with Crippen LogP contribution in [0, 0.1) is 6.92 Å². The second kappa shape index (κ2) is 6.63. The molecule has 1 aliphatic carbocycles. The molecular formula is C21H22N2O2. The van der Waals surface area contributed by atoms with Gasteiger partial charge in [-0.3, -0.25) is 4.79 Å². The molecule has 2 N–H and O–H groups in total.